The van der Waals surface area contributed by atoms with Crippen molar-refractivity contribution in [1.29, 1.82) is 0 Å². The van der Waals surface area contributed by atoms with Gasteiger partial charge in [0.2, 0.25) is 0 Å². The summed E-state index contributed by atoms with van der Waals surface area (Å²) in [5.41, 5.74) is 1.79. The first kappa shape index (κ1) is 19.0. The van der Waals surface area contributed by atoms with Crippen LogP contribution in [0.25, 0.3) is 0 Å². The van der Waals surface area contributed by atoms with Gasteiger partial charge in [-0.1, -0.05) is 6.07 Å². The number of pyridine rings is 1. The Morgan fingerprint density at radius 1 is 1.46 bits per heavy atom. The van der Waals surface area contributed by atoms with E-state index in [-0.39, 0.29) is 30.4 Å². The molecule has 1 amide bonds. The first-order valence-corrected chi connectivity index (χ1v) is 8.66. The van der Waals surface area contributed by atoms with Gasteiger partial charge in [0, 0.05) is 48.7 Å². The van der Waals surface area contributed by atoms with Crippen LogP contribution >= 0.6 is 28.3 Å². The van der Waals surface area contributed by atoms with Crippen LogP contribution in [0.3, 0.4) is 0 Å². The fourth-order valence-electron chi connectivity index (χ4n) is 3.01. The summed E-state index contributed by atoms with van der Waals surface area (Å²) in [5, 5.41) is 3.37. The molecule has 0 radical (unpaired) electrons. The number of halogens is 2. The van der Waals surface area contributed by atoms with Crippen molar-refractivity contribution in [2.24, 2.45) is 0 Å². The van der Waals surface area contributed by atoms with E-state index < -0.39 is 0 Å². The van der Waals surface area contributed by atoms with Crippen LogP contribution in [0.4, 0.5) is 0 Å². The van der Waals surface area contributed by atoms with E-state index in [2.05, 4.69) is 40.1 Å². The van der Waals surface area contributed by atoms with Crippen LogP contribution in [0.15, 0.2) is 41.3 Å². The van der Waals surface area contributed by atoms with E-state index >= 15 is 0 Å². The van der Waals surface area contributed by atoms with E-state index in [9.17, 15) is 4.79 Å². The molecule has 0 saturated carbocycles. The Bertz CT molecular complexity index is 689. The lowest BCUT2D eigenvalue weighted by Gasteiger charge is -2.36. The molecule has 1 N–H and O–H groups in total. The zero-order chi connectivity index (χ0) is 16.4. The van der Waals surface area contributed by atoms with Gasteiger partial charge < -0.3 is 14.8 Å². The number of hydrogen-bond acceptors (Lipinski definition) is 3. The van der Waals surface area contributed by atoms with E-state index in [1.807, 2.05) is 40.1 Å². The maximum Gasteiger partial charge on any atom is 0.271 e. The Kier molecular flexibility index (Phi) is 6.43. The van der Waals surface area contributed by atoms with Gasteiger partial charge in [-0.3, -0.25) is 9.78 Å². The molecule has 0 aromatic carbocycles. The standard InChI is InChI=1S/C17H21BrN4O.ClH/c1-12(2)22-11-14(18)8-15(22)17(23)21-7-6-20-10-16(21)13-4-3-5-19-9-13;/h3-5,8-9,11-12,16,20H,6-7,10H2,1-2H3;1H. The second-order valence-corrected chi connectivity index (χ2v) is 6.97. The van der Waals surface area contributed by atoms with Crippen LogP contribution < -0.4 is 5.32 Å². The lowest BCUT2D eigenvalue weighted by molar-refractivity contribution is 0.0621. The normalized spacial score (nSPS) is 17.7. The maximum atomic E-state index is 13.2. The number of carbonyl (C=O) groups is 1. The minimum Gasteiger partial charge on any atom is -0.340 e. The number of piperazine rings is 1. The number of hydrogen-bond donors (Lipinski definition) is 1. The van der Waals surface area contributed by atoms with Crippen molar-refractivity contribution in [2.75, 3.05) is 19.6 Å². The first-order chi connectivity index (χ1) is 11.1. The summed E-state index contributed by atoms with van der Waals surface area (Å²) in [5.74, 6) is 0.0692. The number of nitrogens with zero attached hydrogens (tertiary/aromatic N) is 3. The third kappa shape index (κ3) is 3.82. The molecule has 3 heterocycles. The molecule has 1 saturated heterocycles. The van der Waals surface area contributed by atoms with Crippen LogP contribution in [-0.2, 0) is 0 Å². The molecule has 1 atom stereocenters. The average molecular weight is 414 g/mol. The van der Waals surface area contributed by atoms with Crippen LogP contribution in [0.5, 0.6) is 0 Å². The van der Waals surface area contributed by atoms with Gasteiger partial charge in [0.25, 0.3) is 5.91 Å². The second-order valence-electron chi connectivity index (χ2n) is 6.05. The summed E-state index contributed by atoms with van der Waals surface area (Å²) in [7, 11) is 0. The third-order valence-electron chi connectivity index (χ3n) is 4.16. The molecule has 2 aromatic rings. The zero-order valence-corrected chi connectivity index (χ0v) is 16.2. The Morgan fingerprint density at radius 2 is 2.25 bits per heavy atom. The predicted molar refractivity (Wildman–Crippen MR) is 101 cm³/mol. The largest absolute Gasteiger partial charge is 0.340 e. The van der Waals surface area contributed by atoms with Gasteiger partial charge in [0.05, 0.1) is 6.04 Å². The van der Waals surface area contributed by atoms with E-state index in [0.29, 0.717) is 6.54 Å². The summed E-state index contributed by atoms with van der Waals surface area (Å²) < 4.78 is 2.96. The molecule has 0 aliphatic carbocycles. The van der Waals surface area contributed by atoms with Crippen molar-refractivity contribution in [3.63, 3.8) is 0 Å². The van der Waals surface area contributed by atoms with Crippen LogP contribution in [0, 0.1) is 0 Å². The summed E-state index contributed by atoms with van der Waals surface area (Å²) in [6.07, 6.45) is 5.57. The molecule has 0 spiro atoms. The molecule has 1 aliphatic rings. The molecule has 0 bridgehead atoms. The maximum absolute atomic E-state index is 13.2. The molecule has 2 aromatic heterocycles. The van der Waals surface area contributed by atoms with Crippen molar-refractivity contribution < 1.29 is 4.79 Å². The number of amides is 1. The Morgan fingerprint density at radius 3 is 2.92 bits per heavy atom. The number of aromatic nitrogens is 2. The Balaban J connectivity index is 0.00000208. The van der Waals surface area contributed by atoms with Crippen molar-refractivity contribution in [3.05, 3.63) is 52.5 Å². The second kappa shape index (κ2) is 8.14. The quantitative estimate of drug-likeness (QED) is 0.838. The van der Waals surface area contributed by atoms with Gasteiger partial charge in [0.15, 0.2) is 0 Å². The van der Waals surface area contributed by atoms with Gasteiger partial charge >= 0.3 is 0 Å². The van der Waals surface area contributed by atoms with Crippen LogP contribution in [-0.4, -0.2) is 40.0 Å². The van der Waals surface area contributed by atoms with Crippen molar-refractivity contribution in [3.8, 4) is 0 Å². The Labute approximate surface area is 157 Å². The molecule has 130 valence electrons. The van der Waals surface area contributed by atoms with Crippen LogP contribution in [0.2, 0.25) is 0 Å². The van der Waals surface area contributed by atoms with E-state index in [0.717, 1.165) is 28.8 Å². The fraction of sp³-hybridized carbons (Fsp3) is 0.412. The van der Waals surface area contributed by atoms with Crippen molar-refractivity contribution >= 4 is 34.2 Å². The molecule has 3 rings (SSSR count). The fourth-order valence-corrected chi connectivity index (χ4v) is 3.45. The number of carbonyl (C=O) groups excluding carboxylic acids is 1. The monoisotopic (exact) mass is 412 g/mol. The summed E-state index contributed by atoms with van der Waals surface area (Å²) in [6, 6.07) is 6.10. The number of rotatable bonds is 3. The highest BCUT2D eigenvalue weighted by Gasteiger charge is 2.30. The molecule has 1 aliphatic heterocycles. The summed E-state index contributed by atoms with van der Waals surface area (Å²) in [6.45, 7) is 6.42. The number of nitrogens with one attached hydrogen (secondary N) is 1. The van der Waals surface area contributed by atoms with E-state index in [1.165, 1.54) is 0 Å². The van der Waals surface area contributed by atoms with E-state index in [1.54, 1.807) is 6.20 Å². The molecule has 7 heteroatoms. The highest BCUT2D eigenvalue weighted by Crippen LogP contribution is 2.26. The Hall–Kier alpha value is -1.37. The minimum absolute atomic E-state index is 0. The van der Waals surface area contributed by atoms with E-state index in [4.69, 9.17) is 0 Å². The SMILES string of the molecule is CC(C)n1cc(Br)cc1C(=O)N1CCNCC1c1cccnc1.Cl. The topological polar surface area (TPSA) is 50.2 Å². The highest BCUT2D eigenvalue weighted by molar-refractivity contribution is 9.10. The molecule has 1 unspecified atom stereocenters. The first-order valence-electron chi connectivity index (χ1n) is 7.87. The molecule has 5 nitrogen and oxygen atoms in total. The van der Waals surface area contributed by atoms with Gasteiger partial charge in [-0.25, -0.2) is 0 Å². The third-order valence-corrected chi connectivity index (χ3v) is 4.60. The van der Waals surface area contributed by atoms with Crippen molar-refractivity contribution in [1.82, 2.24) is 19.8 Å². The lowest BCUT2D eigenvalue weighted by Crippen LogP contribution is -2.49. The zero-order valence-electron chi connectivity index (χ0n) is 13.8. The summed E-state index contributed by atoms with van der Waals surface area (Å²) in [4.78, 5) is 19.3. The highest BCUT2D eigenvalue weighted by atomic mass is 79.9. The van der Waals surface area contributed by atoms with Crippen molar-refractivity contribution in [2.45, 2.75) is 25.9 Å². The predicted octanol–water partition coefficient (Wildman–Crippen LogP) is 3.44. The van der Waals surface area contributed by atoms with Gasteiger partial charge in [-0.15, -0.1) is 12.4 Å². The average Bonchev–Trinajstić information content (AvgIpc) is 2.97. The molecular weight excluding hydrogens is 392 g/mol. The van der Waals surface area contributed by atoms with Crippen LogP contribution in [0.1, 0.15) is 42.0 Å². The minimum atomic E-state index is 0. The van der Waals surface area contributed by atoms with Gasteiger partial charge in [-0.05, 0) is 47.5 Å². The van der Waals surface area contributed by atoms with Gasteiger partial charge in [0.1, 0.15) is 5.69 Å². The molecule has 1 fully saturated rings. The lowest BCUT2D eigenvalue weighted by atomic mass is 10.0. The molecule has 24 heavy (non-hydrogen) atoms. The van der Waals surface area contributed by atoms with Gasteiger partial charge in [-0.2, -0.15) is 0 Å². The molecular formula is C17H22BrClN4O. The smallest absolute Gasteiger partial charge is 0.271 e. The summed E-state index contributed by atoms with van der Waals surface area (Å²) >= 11 is 3.49.